The molecular weight excluding hydrogens is 231 g/mol. The Kier molecular flexibility index (Phi) is 2.57. The Morgan fingerprint density at radius 2 is 1.65 bits per heavy atom. The van der Waals surface area contributed by atoms with Crippen LogP contribution in [0.3, 0.4) is 0 Å². The van der Waals surface area contributed by atoms with Crippen LogP contribution in [0.4, 0.5) is 19.0 Å². The summed E-state index contributed by atoms with van der Waals surface area (Å²) in [6.45, 7) is 3.41. The Labute approximate surface area is 95.7 Å². The molecule has 0 amide bonds. The molecule has 0 atom stereocenters. The lowest BCUT2D eigenvalue weighted by Gasteiger charge is -2.06. The van der Waals surface area contributed by atoms with E-state index in [0.29, 0.717) is 17.3 Å². The number of rotatable bonds is 1. The minimum atomic E-state index is -1.24. The van der Waals surface area contributed by atoms with Gasteiger partial charge in [-0.1, -0.05) is 0 Å². The third kappa shape index (κ3) is 1.75. The SMILES string of the molecule is Cc1nn(-c2cc(F)c(F)cc2F)c(N)c1C. The van der Waals surface area contributed by atoms with Gasteiger partial charge >= 0.3 is 0 Å². The molecule has 2 N–H and O–H groups in total. The number of halogens is 3. The lowest BCUT2D eigenvalue weighted by molar-refractivity contribution is 0.491. The smallest absolute Gasteiger partial charge is 0.161 e. The molecule has 1 heterocycles. The molecule has 0 bridgehead atoms. The van der Waals surface area contributed by atoms with Crippen molar-refractivity contribution in [1.82, 2.24) is 9.78 Å². The van der Waals surface area contributed by atoms with Gasteiger partial charge in [0.05, 0.1) is 5.69 Å². The van der Waals surface area contributed by atoms with E-state index in [1.807, 2.05) is 0 Å². The Bertz CT molecular complexity index is 590. The van der Waals surface area contributed by atoms with Crippen molar-refractivity contribution in [2.45, 2.75) is 13.8 Å². The van der Waals surface area contributed by atoms with Crippen LogP contribution < -0.4 is 5.73 Å². The van der Waals surface area contributed by atoms with Gasteiger partial charge in [-0.05, 0) is 13.8 Å². The van der Waals surface area contributed by atoms with Crippen LogP contribution in [0.15, 0.2) is 12.1 Å². The van der Waals surface area contributed by atoms with E-state index in [9.17, 15) is 13.2 Å². The summed E-state index contributed by atoms with van der Waals surface area (Å²) in [5.74, 6) is -3.11. The number of aryl methyl sites for hydroxylation is 1. The molecule has 17 heavy (non-hydrogen) atoms. The van der Waals surface area contributed by atoms with Crippen LogP contribution in [0.5, 0.6) is 0 Å². The lowest BCUT2D eigenvalue weighted by Crippen LogP contribution is -2.06. The predicted molar refractivity (Wildman–Crippen MR) is 57.3 cm³/mol. The Balaban J connectivity index is 2.68. The van der Waals surface area contributed by atoms with E-state index >= 15 is 0 Å². The zero-order chi connectivity index (χ0) is 12.7. The minimum Gasteiger partial charge on any atom is -0.383 e. The van der Waals surface area contributed by atoms with Crippen molar-refractivity contribution in [2.75, 3.05) is 5.73 Å². The van der Waals surface area contributed by atoms with Crippen LogP contribution in [0.2, 0.25) is 0 Å². The van der Waals surface area contributed by atoms with Crippen LogP contribution in [-0.2, 0) is 0 Å². The summed E-state index contributed by atoms with van der Waals surface area (Å²) in [6.07, 6.45) is 0. The van der Waals surface area contributed by atoms with Crippen molar-refractivity contribution >= 4 is 5.82 Å². The summed E-state index contributed by atoms with van der Waals surface area (Å²) in [5.41, 5.74) is 6.78. The molecular formula is C11H10F3N3. The fraction of sp³-hybridized carbons (Fsp3) is 0.182. The van der Waals surface area contributed by atoms with Crippen LogP contribution >= 0.6 is 0 Å². The average molecular weight is 241 g/mol. The summed E-state index contributed by atoms with van der Waals surface area (Å²) in [7, 11) is 0. The lowest BCUT2D eigenvalue weighted by atomic mass is 10.2. The van der Waals surface area contributed by atoms with Crippen molar-refractivity contribution in [2.24, 2.45) is 0 Å². The average Bonchev–Trinajstić information content (AvgIpc) is 2.51. The van der Waals surface area contributed by atoms with E-state index in [0.717, 1.165) is 10.7 Å². The highest BCUT2D eigenvalue weighted by Gasteiger charge is 2.16. The molecule has 1 aromatic heterocycles. The number of hydrogen-bond acceptors (Lipinski definition) is 2. The van der Waals surface area contributed by atoms with Gasteiger partial charge in [-0.25, -0.2) is 17.9 Å². The normalized spacial score (nSPS) is 10.9. The monoisotopic (exact) mass is 241 g/mol. The topological polar surface area (TPSA) is 43.8 Å². The largest absolute Gasteiger partial charge is 0.383 e. The second kappa shape index (κ2) is 3.80. The van der Waals surface area contributed by atoms with Crippen LogP contribution in [0.1, 0.15) is 11.3 Å². The number of hydrogen-bond donors (Lipinski definition) is 1. The van der Waals surface area contributed by atoms with Crippen molar-refractivity contribution in [3.8, 4) is 5.69 Å². The summed E-state index contributed by atoms with van der Waals surface area (Å²) in [5, 5.41) is 3.97. The molecule has 2 rings (SSSR count). The molecule has 0 fully saturated rings. The van der Waals surface area contributed by atoms with Crippen molar-refractivity contribution < 1.29 is 13.2 Å². The number of nitrogen functional groups attached to an aromatic ring is 1. The first-order chi connectivity index (χ1) is 7.91. The Hall–Kier alpha value is -1.98. The van der Waals surface area contributed by atoms with E-state index in [-0.39, 0.29) is 11.5 Å². The maximum atomic E-state index is 13.5. The van der Waals surface area contributed by atoms with Gasteiger partial charge in [0.15, 0.2) is 17.5 Å². The maximum Gasteiger partial charge on any atom is 0.161 e. The highest BCUT2D eigenvalue weighted by molar-refractivity contribution is 5.49. The zero-order valence-electron chi connectivity index (χ0n) is 9.26. The molecule has 3 nitrogen and oxygen atoms in total. The number of anilines is 1. The van der Waals surface area contributed by atoms with Gasteiger partial charge in [-0.3, -0.25) is 0 Å². The van der Waals surface area contributed by atoms with Gasteiger partial charge in [0.25, 0.3) is 0 Å². The van der Waals surface area contributed by atoms with Crippen LogP contribution in [0.25, 0.3) is 5.69 Å². The first kappa shape index (κ1) is 11.5. The fourth-order valence-electron chi connectivity index (χ4n) is 1.48. The Morgan fingerprint density at radius 1 is 1.06 bits per heavy atom. The highest BCUT2D eigenvalue weighted by Crippen LogP contribution is 2.23. The Morgan fingerprint density at radius 3 is 2.18 bits per heavy atom. The summed E-state index contributed by atoms with van der Waals surface area (Å²) in [6, 6.07) is 1.20. The molecule has 90 valence electrons. The predicted octanol–water partition coefficient (Wildman–Crippen LogP) is 2.49. The van der Waals surface area contributed by atoms with Gasteiger partial charge in [0, 0.05) is 17.7 Å². The van der Waals surface area contributed by atoms with Gasteiger partial charge in [-0.2, -0.15) is 5.10 Å². The second-order valence-electron chi connectivity index (χ2n) is 3.73. The number of benzene rings is 1. The summed E-state index contributed by atoms with van der Waals surface area (Å²) < 4.78 is 40.4. The quantitative estimate of drug-likeness (QED) is 0.779. The minimum absolute atomic E-state index is 0.201. The fourth-order valence-corrected chi connectivity index (χ4v) is 1.48. The first-order valence-corrected chi connectivity index (χ1v) is 4.88. The van der Waals surface area contributed by atoms with Gasteiger partial charge in [0.1, 0.15) is 11.5 Å². The molecule has 0 radical (unpaired) electrons. The van der Waals surface area contributed by atoms with E-state index in [1.54, 1.807) is 13.8 Å². The number of nitrogens with zero attached hydrogens (tertiary/aromatic N) is 2. The standard InChI is InChI=1S/C11H10F3N3/c1-5-6(2)16-17(11(5)15)10-4-8(13)7(12)3-9(10)14/h3-4H,15H2,1-2H3. The highest BCUT2D eigenvalue weighted by atomic mass is 19.2. The van der Waals surface area contributed by atoms with E-state index < -0.39 is 17.5 Å². The number of nitrogens with two attached hydrogens (primary N) is 1. The van der Waals surface area contributed by atoms with Crippen molar-refractivity contribution in [1.29, 1.82) is 0 Å². The van der Waals surface area contributed by atoms with Gasteiger partial charge < -0.3 is 5.73 Å². The second-order valence-corrected chi connectivity index (χ2v) is 3.73. The summed E-state index contributed by atoms with van der Waals surface area (Å²) >= 11 is 0. The molecule has 0 saturated heterocycles. The van der Waals surface area contributed by atoms with Gasteiger partial charge in [-0.15, -0.1) is 0 Å². The van der Waals surface area contributed by atoms with E-state index in [2.05, 4.69) is 5.10 Å². The molecule has 0 aliphatic heterocycles. The molecule has 1 aromatic carbocycles. The molecule has 2 aromatic rings. The first-order valence-electron chi connectivity index (χ1n) is 4.88. The maximum absolute atomic E-state index is 13.5. The zero-order valence-corrected chi connectivity index (χ0v) is 9.26. The molecule has 6 heteroatoms. The molecule has 0 aliphatic carbocycles. The third-order valence-electron chi connectivity index (χ3n) is 2.62. The molecule has 0 saturated carbocycles. The summed E-state index contributed by atoms with van der Waals surface area (Å²) in [4.78, 5) is 0. The third-order valence-corrected chi connectivity index (χ3v) is 2.62. The molecule has 0 spiro atoms. The van der Waals surface area contributed by atoms with E-state index in [4.69, 9.17) is 5.73 Å². The van der Waals surface area contributed by atoms with Crippen LogP contribution in [0, 0.1) is 31.3 Å². The number of aromatic nitrogens is 2. The molecule has 0 unspecified atom stereocenters. The van der Waals surface area contributed by atoms with Crippen molar-refractivity contribution in [3.05, 3.63) is 40.8 Å². The molecule has 0 aliphatic rings. The van der Waals surface area contributed by atoms with Gasteiger partial charge in [0.2, 0.25) is 0 Å². The van der Waals surface area contributed by atoms with Crippen molar-refractivity contribution in [3.63, 3.8) is 0 Å². The van der Waals surface area contributed by atoms with E-state index in [1.165, 1.54) is 0 Å². The van der Waals surface area contributed by atoms with Crippen LogP contribution in [-0.4, -0.2) is 9.78 Å².